The van der Waals surface area contributed by atoms with Crippen LogP contribution in [0.3, 0.4) is 0 Å². The molecule has 1 aromatic rings. The van der Waals surface area contributed by atoms with Crippen LogP contribution in [-0.4, -0.2) is 22.2 Å². The van der Waals surface area contributed by atoms with Crippen molar-refractivity contribution in [3.63, 3.8) is 0 Å². The molecule has 0 radical (unpaired) electrons. The van der Waals surface area contributed by atoms with E-state index < -0.39 is 23.9 Å². The lowest BCUT2D eigenvalue weighted by Gasteiger charge is -2.19. The summed E-state index contributed by atoms with van der Waals surface area (Å²) in [5.41, 5.74) is -1.36. The van der Waals surface area contributed by atoms with Crippen molar-refractivity contribution in [3.05, 3.63) is 34.9 Å². The zero-order chi connectivity index (χ0) is 14.6. The van der Waals surface area contributed by atoms with Crippen LogP contribution in [0, 0.1) is 11.3 Å². The van der Waals surface area contributed by atoms with E-state index in [1.54, 1.807) is 6.07 Å². The van der Waals surface area contributed by atoms with Crippen molar-refractivity contribution in [3.8, 4) is 6.07 Å². The highest BCUT2D eigenvalue weighted by atomic mass is 35.5. The van der Waals surface area contributed by atoms with Crippen molar-refractivity contribution in [2.45, 2.75) is 24.8 Å². The third-order valence-electron chi connectivity index (χ3n) is 2.59. The van der Waals surface area contributed by atoms with Gasteiger partial charge in [0.25, 0.3) is 0 Å². The lowest BCUT2D eigenvalue weighted by molar-refractivity contribution is -0.137. The Morgan fingerprint density at radius 1 is 1.32 bits per heavy atom. The first-order chi connectivity index (χ1) is 8.81. The lowest BCUT2D eigenvalue weighted by atomic mass is 9.95. The molecule has 0 aliphatic carbocycles. The molecule has 2 atom stereocenters. The highest BCUT2D eigenvalue weighted by molar-refractivity contribution is 6.17. The van der Waals surface area contributed by atoms with Gasteiger partial charge in [0.1, 0.15) is 6.10 Å². The molecule has 2 unspecified atom stereocenters. The van der Waals surface area contributed by atoms with Crippen molar-refractivity contribution in [2.24, 2.45) is 0 Å². The van der Waals surface area contributed by atoms with E-state index in [1.165, 1.54) is 0 Å². The molecule has 0 aliphatic heterocycles. The molecule has 7 heteroatoms. The maximum atomic E-state index is 12.6. The Hall–Kier alpha value is -1.29. The quantitative estimate of drug-likeness (QED) is 0.839. The number of nitriles is 1. The molecule has 19 heavy (non-hydrogen) atoms. The average Bonchev–Trinajstić information content (AvgIpc) is 2.36. The Kier molecular flexibility index (Phi) is 5.18. The van der Waals surface area contributed by atoms with Gasteiger partial charge in [-0.25, -0.2) is 0 Å². The van der Waals surface area contributed by atoms with E-state index in [4.69, 9.17) is 16.9 Å². The Morgan fingerprint density at radius 2 is 1.95 bits per heavy atom. The summed E-state index contributed by atoms with van der Waals surface area (Å²) in [6.45, 7) is 0. The van der Waals surface area contributed by atoms with Gasteiger partial charge in [-0.3, -0.25) is 0 Å². The third kappa shape index (κ3) is 3.83. The van der Waals surface area contributed by atoms with Crippen molar-refractivity contribution >= 4 is 11.6 Å². The molecule has 0 spiro atoms. The number of rotatable bonds is 4. The van der Waals surface area contributed by atoms with E-state index in [0.29, 0.717) is 6.07 Å². The van der Waals surface area contributed by atoms with Gasteiger partial charge >= 0.3 is 6.18 Å². The lowest BCUT2D eigenvalue weighted by Crippen LogP contribution is -2.20. The summed E-state index contributed by atoms with van der Waals surface area (Å²) in [4.78, 5) is 0. The van der Waals surface area contributed by atoms with Crippen LogP contribution in [0.15, 0.2) is 18.2 Å². The molecular formula is C12H11ClF3NO2. The average molecular weight is 294 g/mol. The van der Waals surface area contributed by atoms with Gasteiger partial charge in [0.05, 0.1) is 23.3 Å². The highest BCUT2D eigenvalue weighted by Gasteiger charge is 2.32. The largest absolute Gasteiger partial charge is 0.416 e. The first-order valence-electron chi connectivity index (χ1n) is 5.34. The molecule has 1 aromatic carbocycles. The fourth-order valence-corrected chi connectivity index (χ4v) is 1.79. The van der Waals surface area contributed by atoms with Gasteiger partial charge in [-0.1, -0.05) is 0 Å². The summed E-state index contributed by atoms with van der Waals surface area (Å²) in [5.74, 6) is 0.0407. The number of aliphatic hydroxyl groups is 2. The number of hydrogen-bond acceptors (Lipinski definition) is 3. The molecule has 0 saturated carbocycles. The Morgan fingerprint density at radius 3 is 2.42 bits per heavy atom. The van der Waals surface area contributed by atoms with E-state index in [-0.39, 0.29) is 23.4 Å². The van der Waals surface area contributed by atoms with Gasteiger partial charge < -0.3 is 10.2 Å². The second kappa shape index (κ2) is 6.24. The number of halogens is 4. The summed E-state index contributed by atoms with van der Waals surface area (Å²) >= 11 is 5.39. The highest BCUT2D eigenvalue weighted by Crippen LogP contribution is 2.33. The molecule has 0 amide bonds. The van der Waals surface area contributed by atoms with E-state index in [1.807, 2.05) is 0 Å². The molecule has 0 heterocycles. The van der Waals surface area contributed by atoms with Crippen molar-refractivity contribution in [2.75, 3.05) is 5.88 Å². The van der Waals surface area contributed by atoms with E-state index >= 15 is 0 Å². The maximum absolute atomic E-state index is 12.6. The summed E-state index contributed by atoms with van der Waals surface area (Å²) < 4.78 is 37.7. The van der Waals surface area contributed by atoms with Crippen LogP contribution in [0.1, 0.15) is 29.2 Å². The molecule has 104 valence electrons. The molecule has 0 aromatic heterocycles. The molecule has 0 fully saturated rings. The van der Waals surface area contributed by atoms with Gasteiger partial charge in [0, 0.05) is 11.4 Å². The number of aliphatic hydroxyl groups excluding tert-OH is 2. The number of nitrogens with zero attached hydrogens (tertiary/aromatic N) is 1. The topological polar surface area (TPSA) is 64.2 Å². The van der Waals surface area contributed by atoms with Crippen LogP contribution >= 0.6 is 11.6 Å². The fraction of sp³-hybridized carbons (Fsp3) is 0.417. The zero-order valence-electron chi connectivity index (χ0n) is 9.65. The predicted molar refractivity (Wildman–Crippen MR) is 62.5 cm³/mol. The molecular weight excluding hydrogens is 283 g/mol. The Balaban J connectivity index is 3.20. The smallest absolute Gasteiger partial charge is 0.390 e. The Bertz CT molecular complexity index is 485. The second-order valence-corrected chi connectivity index (χ2v) is 4.28. The minimum atomic E-state index is -4.58. The van der Waals surface area contributed by atoms with Crippen LogP contribution in [0.25, 0.3) is 0 Å². The van der Waals surface area contributed by atoms with Gasteiger partial charge in [0.15, 0.2) is 0 Å². The first kappa shape index (κ1) is 15.8. The normalized spacial score (nSPS) is 14.8. The Labute approximate surface area is 112 Å². The van der Waals surface area contributed by atoms with Gasteiger partial charge in [-0.2, -0.15) is 18.4 Å². The van der Waals surface area contributed by atoms with E-state index in [9.17, 15) is 23.4 Å². The van der Waals surface area contributed by atoms with Crippen molar-refractivity contribution in [1.29, 1.82) is 5.26 Å². The number of hydrogen-bond donors (Lipinski definition) is 2. The van der Waals surface area contributed by atoms with Crippen LogP contribution < -0.4 is 0 Å². The molecule has 0 saturated heterocycles. The number of benzene rings is 1. The van der Waals surface area contributed by atoms with Gasteiger partial charge in [-0.05, 0) is 24.6 Å². The van der Waals surface area contributed by atoms with E-state index in [2.05, 4.69) is 0 Å². The van der Waals surface area contributed by atoms with Crippen molar-refractivity contribution < 1.29 is 23.4 Å². The van der Waals surface area contributed by atoms with Crippen LogP contribution in [0.4, 0.5) is 13.2 Å². The standard InChI is InChI=1S/C12H11ClF3NO2/c13-4-3-10(18)11(19)9-5-8(12(14,15)16)2-1-7(9)6-17/h1-2,5,10-11,18-19H,3-4H2. The molecule has 1 rings (SSSR count). The number of alkyl halides is 4. The summed E-state index contributed by atoms with van der Waals surface area (Å²) in [6.07, 6.45) is -7.49. The summed E-state index contributed by atoms with van der Waals surface area (Å²) in [5, 5.41) is 28.2. The fourth-order valence-electron chi connectivity index (χ4n) is 1.56. The van der Waals surface area contributed by atoms with Crippen LogP contribution in [0.2, 0.25) is 0 Å². The molecule has 3 nitrogen and oxygen atoms in total. The monoisotopic (exact) mass is 293 g/mol. The SMILES string of the molecule is N#Cc1ccc(C(F)(F)F)cc1C(O)C(O)CCCl. The maximum Gasteiger partial charge on any atom is 0.416 e. The molecule has 0 aliphatic rings. The first-order valence-corrected chi connectivity index (χ1v) is 5.88. The van der Waals surface area contributed by atoms with Crippen molar-refractivity contribution in [1.82, 2.24) is 0 Å². The van der Waals surface area contributed by atoms with Crippen LogP contribution in [0.5, 0.6) is 0 Å². The minimum absolute atomic E-state index is 0.00381. The summed E-state index contributed by atoms with van der Waals surface area (Å²) in [6, 6.07) is 4.07. The van der Waals surface area contributed by atoms with Crippen LogP contribution in [-0.2, 0) is 6.18 Å². The van der Waals surface area contributed by atoms with E-state index in [0.717, 1.165) is 12.1 Å². The second-order valence-electron chi connectivity index (χ2n) is 3.90. The summed E-state index contributed by atoms with van der Waals surface area (Å²) in [7, 11) is 0. The third-order valence-corrected chi connectivity index (χ3v) is 2.81. The van der Waals surface area contributed by atoms with Gasteiger partial charge in [-0.15, -0.1) is 11.6 Å². The molecule has 2 N–H and O–H groups in total. The minimum Gasteiger partial charge on any atom is -0.390 e. The molecule has 0 bridgehead atoms. The van der Waals surface area contributed by atoms with Gasteiger partial charge in [0.2, 0.25) is 0 Å². The predicted octanol–water partition coefficient (Wildman–Crippen LogP) is 2.60. The zero-order valence-corrected chi connectivity index (χ0v) is 10.4.